The third-order valence-corrected chi connectivity index (χ3v) is 2.09. The number of hydrogen-bond acceptors (Lipinski definition) is 5. The van der Waals surface area contributed by atoms with Gasteiger partial charge in [0.05, 0.1) is 26.9 Å². The number of ether oxygens (including phenoxy) is 2. The van der Waals surface area contributed by atoms with E-state index in [9.17, 15) is 4.79 Å². The Hall–Kier alpha value is -2.24. The first-order valence-corrected chi connectivity index (χ1v) is 5.26. The highest BCUT2D eigenvalue weighted by molar-refractivity contribution is 5.80. The molecule has 1 aromatic rings. The summed E-state index contributed by atoms with van der Waals surface area (Å²) in [6.45, 7) is 0.0408. The molecule has 0 saturated heterocycles. The van der Waals surface area contributed by atoms with Gasteiger partial charge < -0.3 is 19.4 Å². The van der Waals surface area contributed by atoms with Crippen molar-refractivity contribution in [2.24, 2.45) is 5.16 Å². The van der Waals surface area contributed by atoms with E-state index in [1.807, 2.05) is 0 Å². The molecule has 0 aliphatic rings. The first kappa shape index (κ1) is 13.8. The van der Waals surface area contributed by atoms with Crippen molar-refractivity contribution in [1.82, 2.24) is 0 Å². The van der Waals surface area contributed by atoms with Crippen LogP contribution in [0.15, 0.2) is 23.4 Å². The topological polar surface area (TPSA) is 77.4 Å². The predicted octanol–water partition coefficient (Wildman–Crippen LogP) is 1.53. The van der Waals surface area contributed by atoms with E-state index in [4.69, 9.17) is 19.4 Å². The lowest BCUT2D eigenvalue weighted by Gasteiger charge is -2.07. The Morgan fingerprint density at radius 2 is 2.06 bits per heavy atom. The van der Waals surface area contributed by atoms with E-state index in [2.05, 4.69) is 5.16 Å². The molecule has 0 saturated carbocycles. The van der Waals surface area contributed by atoms with Gasteiger partial charge in [-0.2, -0.15) is 0 Å². The van der Waals surface area contributed by atoms with Crippen LogP contribution >= 0.6 is 0 Å². The van der Waals surface area contributed by atoms with E-state index in [0.29, 0.717) is 11.5 Å². The number of rotatable bonds is 7. The second kappa shape index (κ2) is 7.16. The lowest BCUT2D eigenvalue weighted by atomic mass is 10.2. The zero-order chi connectivity index (χ0) is 13.4. The van der Waals surface area contributed by atoms with Crippen LogP contribution in [0.4, 0.5) is 0 Å². The van der Waals surface area contributed by atoms with Gasteiger partial charge in [-0.3, -0.25) is 4.79 Å². The minimum absolute atomic E-state index is 0.0408. The number of oxime groups is 1. The Labute approximate surface area is 105 Å². The highest BCUT2D eigenvalue weighted by Gasteiger charge is 2.03. The van der Waals surface area contributed by atoms with Gasteiger partial charge >= 0.3 is 5.97 Å². The smallest absolute Gasteiger partial charge is 0.306 e. The monoisotopic (exact) mass is 253 g/mol. The number of hydrogen-bond donors (Lipinski definition) is 1. The molecule has 1 rings (SSSR count). The molecule has 1 N–H and O–H groups in total. The standard InChI is InChI=1S/C12H15NO5/c1-16-10-4-3-9(7-11(10)17-2)8-13-18-6-5-12(14)15/h3-4,7-8H,5-6H2,1-2H3,(H,14,15)/b13-8+. The van der Waals surface area contributed by atoms with Crippen LogP contribution in [-0.4, -0.2) is 38.1 Å². The van der Waals surface area contributed by atoms with Gasteiger partial charge in [-0.05, 0) is 18.2 Å². The molecule has 1 aromatic carbocycles. The maximum atomic E-state index is 10.2. The molecule has 0 aliphatic heterocycles. The molecule has 0 heterocycles. The van der Waals surface area contributed by atoms with Crippen LogP contribution in [0.5, 0.6) is 11.5 Å². The van der Waals surface area contributed by atoms with E-state index in [1.54, 1.807) is 32.4 Å². The van der Waals surface area contributed by atoms with Crippen LogP contribution < -0.4 is 9.47 Å². The summed E-state index contributed by atoms with van der Waals surface area (Å²) >= 11 is 0. The largest absolute Gasteiger partial charge is 0.493 e. The number of carboxylic acids is 1. The summed E-state index contributed by atoms with van der Waals surface area (Å²) in [5.41, 5.74) is 0.767. The molecule has 0 atom stereocenters. The van der Waals surface area contributed by atoms with Crippen LogP contribution in [0, 0.1) is 0 Å². The summed E-state index contributed by atoms with van der Waals surface area (Å²) in [6, 6.07) is 5.27. The average molecular weight is 253 g/mol. The summed E-state index contributed by atoms with van der Waals surface area (Å²) in [5.74, 6) is 0.296. The third kappa shape index (κ3) is 4.32. The minimum Gasteiger partial charge on any atom is -0.493 e. The fourth-order valence-corrected chi connectivity index (χ4v) is 1.22. The van der Waals surface area contributed by atoms with Crippen LogP contribution in [0.2, 0.25) is 0 Å². The van der Waals surface area contributed by atoms with Crippen LogP contribution in [0.1, 0.15) is 12.0 Å². The minimum atomic E-state index is -0.920. The molecule has 18 heavy (non-hydrogen) atoms. The summed E-state index contributed by atoms with van der Waals surface area (Å²) < 4.78 is 10.2. The van der Waals surface area contributed by atoms with Gasteiger partial charge in [0, 0.05) is 5.56 Å². The molecule has 0 amide bonds. The summed E-state index contributed by atoms with van der Waals surface area (Å²) in [6.07, 6.45) is 1.40. The van der Waals surface area contributed by atoms with E-state index >= 15 is 0 Å². The zero-order valence-corrected chi connectivity index (χ0v) is 10.3. The first-order valence-electron chi connectivity index (χ1n) is 5.26. The van der Waals surface area contributed by atoms with Gasteiger partial charge in [-0.15, -0.1) is 0 Å². The second-order valence-electron chi connectivity index (χ2n) is 3.33. The molecule has 6 heteroatoms. The number of carboxylic acid groups (broad SMARTS) is 1. The molecule has 6 nitrogen and oxygen atoms in total. The highest BCUT2D eigenvalue weighted by Crippen LogP contribution is 2.26. The van der Waals surface area contributed by atoms with Crippen molar-refractivity contribution in [3.8, 4) is 11.5 Å². The molecule has 0 fully saturated rings. The zero-order valence-electron chi connectivity index (χ0n) is 10.3. The summed E-state index contributed by atoms with van der Waals surface area (Å²) in [7, 11) is 3.10. The van der Waals surface area contributed by atoms with Crippen LogP contribution in [0.3, 0.4) is 0 Å². The molecule has 0 aliphatic carbocycles. The molecule has 0 aromatic heterocycles. The van der Waals surface area contributed by atoms with E-state index in [-0.39, 0.29) is 13.0 Å². The quantitative estimate of drug-likeness (QED) is 0.453. The van der Waals surface area contributed by atoms with Crippen molar-refractivity contribution in [2.45, 2.75) is 6.42 Å². The fourth-order valence-electron chi connectivity index (χ4n) is 1.22. The molecule has 0 radical (unpaired) electrons. The summed E-state index contributed by atoms with van der Waals surface area (Å²) in [4.78, 5) is 15.0. The predicted molar refractivity (Wildman–Crippen MR) is 65.3 cm³/mol. The highest BCUT2D eigenvalue weighted by atomic mass is 16.6. The molecule has 0 spiro atoms. The molecular weight excluding hydrogens is 238 g/mol. The van der Waals surface area contributed by atoms with Gasteiger partial charge in [-0.1, -0.05) is 5.16 Å². The van der Waals surface area contributed by atoms with Crippen LogP contribution in [-0.2, 0) is 9.63 Å². The lowest BCUT2D eigenvalue weighted by molar-refractivity contribution is -0.138. The number of aliphatic carboxylic acids is 1. The Bertz CT molecular complexity index is 430. The SMILES string of the molecule is COc1ccc(/C=N/OCCC(=O)O)cc1OC. The van der Waals surface area contributed by atoms with Crippen molar-refractivity contribution >= 4 is 12.2 Å². The van der Waals surface area contributed by atoms with Crippen molar-refractivity contribution < 1.29 is 24.2 Å². The number of nitrogens with zero attached hydrogens (tertiary/aromatic N) is 1. The van der Waals surface area contributed by atoms with Gasteiger partial charge in [0.25, 0.3) is 0 Å². The Morgan fingerprint density at radius 3 is 2.67 bits per heavy atom. The molecular formula is C12H15NO5. The average Bonchev–Trinajstić information content (AvgIpc) is 2.37. The Kier molecular flexibility index (Phi) is 5.50. The van der Waals surface area contributed by atoms with Gasteiger partial charge in [0.1, 0.15) is 6.61 Å². The van der Waals surface area contributed by atoms with E-state index in [0.717, 1.165) is 5.56 Å². The van der Waals surface area contributed by atoms with Gasteiger partial charge in [0.2, 0.25) is 0 Å². The number of methoxy groups -OCH3 is 2. The molecule has 0 bridgehead atoms. The van der Waals surface area contributed by atoms with Crippen molar-refractivity contribution in [3.05, 3.63) is 23.8 Å². The van der Waals surface area contributed by atoms with E-state index in [1.165, 1.54) is 6.21 Å². The lowest BCUT2D eigenvalue weighted by Crippen LogP contribution is -1.99. The van der Waals surface area contributed by atoms with E-state index < -0.39 is 5.97 Å². The Morgan fingerprint density at radius 1 is 1.33 bits per heavy atom. The van der Waals surface area contributed by atoms with Gasteiger partial charge in [0.15, 0.2) is 11.5 Å². The Balaban J connectivity index is 2.56. The maximum absolute atomic E-state index is 10.2. The maximum Gasteiger partial charge on any atom is 0.306 e. The first-order chi connectivity index (χ1) is 8.67. The van der Waals surface area contributed by atoms with Crippen molar-refractivity contribution in [2.75, 3.05) is 20.8 Å². The van der Waals surface area contributed by atoms with Crippen LogP contribution in [0.25, 0.3) is 0 Å². The summed E-state index contributed by atoms with van der Waals surface area (Å²) in [5, 5.41) is 12.1. The third-order valence-electron chi connectivity index (χ3n) is 2.09. The molecule has 0 unspecified atom stereocenters. The van der Waals surface area contributed by atoms with Crippen molar-refractivity contribution in [1.29, 1.82) is 0 Å². The number of benzene rings is 1. The van der Waals surface area contributed by atoms with Crippen molar-refractivity contribution in [3.63, 3.8) is 0 Å². The van der Waals surface area contributed by atoms with Gasteiger partial charge in [-0.25, -0.2) is 0 Å². The number of carbonyl (C=O) groups is 1. The fraction of sp³-hybridized carbons (Fsp3) is 0.333. The normalized spacial score (nSPS) is 10.3. The molecule has 98 valence electrons. The second-order valence-corrected chi connectivity index (χ2v) is 3.33.